The summed E-state index contributed by atoms with van der Waals surface area (Å²) in [6.07, 6.45) is 2.02. The number of allylic oxidation sites excluding steroid dienone is 2. The molecule has 0 amide bonds. The lowest BCUT2D eigenvalue weighted by Crippen LogP contribution is -2.24. The fourth-order valence-electron chi connectivity index (χ4n) is 2.39. The highest BCUT2D eigenvalue weighted by atomic mass is 32.2. The first-order chi connectivity index (χ1) is 15.0. The summed E-state index contributed by atoms with van der Waals surface area (Å²) in [4.78, 5) is 8.66. The van der Waals surface area contributed by atoms with Crippen molar-refractivity contribution in [1.82, 2.24) is 5.32 Å². The van der Waals surface area contributed by atoms with Crippen LogP contribution < -0.4 is 11.1 Å². The molecule has 31 heavy (non-hydrogen) atoms. The molecule has 0 aliphatic heterocycles. The molecule has 0 saturated heterocycles. The number of amidine groups is 2. The van der Waals surface area contributed by atoms with Gasteiger partial charge in [0, 0.05) is 5.75 Å². The van der Waals surface area contributed by atoms with Gasteiger partial charge in [0.1, 0.15) is 6.61 Å². The van der Waals surface area contributed by atoms with Gasteiger partial charge in [-0.15, -0.1) is 0 Å². The molecule has 0 bridgehead atoms. The highest BCUT2D eigenvalue weighted by Gasteiger charge is 2.10. The summed E-state index contributed by atoms with van der Waals surface area (Å²) in [7, 11) is 0. The third-order valence-corrected chi connectivity index (χ3v) is 5.17. The molecule has 0 aliphatic carbocycles. The SMILES string of the molecule is C=C/C(F)=C(\N=C(/N)OCc1ccc(C)cc1)N/C(=N/Cc1ccccc1)SCCC. The van der Waals surface area contributed by atoms with Crippen LogP contribution in [-0.4, -0.2) is 16.9 Å². The lowest BCUT2D eigenvalue weighted by Gasteiger charge is -2.12. The highest BCUT2D eigenvalue weighted by Crippen LogP contribution is 2.13. The normalized spacial score (nSPS) is 12.9. The predicted molar refractivity (Wildman–Crippen MR) is 129 cm³/mol. The summed E-state index contributed by atoms with van der Waals surface area (Å²) in [5.74, 6) is 0.0884. The molecule has 0 heterocycles. The Bertz CT molecular complexity index is 924. The number of aliphatic imine (C=N–C) groups is 2. The van der Waals surface area contributed by atoms with Crippen molar-refractivity contribution in [2.45, 2.75) is 33.4 Å². The van der Waals surface area contributed by atoms with Gasteiger partial charge in [0.25, 0.3) is 6.02 Å². The molecule has 2 rings (SSSR count). The summed E-state index contributed by atoms with van der Waals surface area (Å²) in [6, 6.07) is 17.5. The highest BCUT2D eigenvalue weighted by molar-refractivity contribution is 8.13. The quantitative estimate of drug-likeness (QED) is 0.309. The van der Waals surface area contributed by atoms with E-state index in [0.717, 1.165) is 34.9 Å². The van der Waals surface area contributed by atoms with Gasteiger partial charge < -0.3 is 15.8 Å². The van der Waals surface area contributed by atoms with Gasteiger partial charge in [-0.1, -0.05) is 85.4 Å². The molecule has 0 aliphatic rings. The van der Waals surface area contributed by atoms with Crippen molar-refractivity contribution >= 4 is 23.0 Å². The maximum atomic E-state index is 14.4. The van der Waals surface area contributed by atoms with E-state index < -0.39 is 5.83 Å². The minimum Gasteiger partial charge on any atom is -0.460 e. The van der Waals surface area contributed by atoms with Crippen molar-refractivity contribution < 1.29 is 9.13 Å². The monoisotopic (exact) mass is 440 g/mol. The van der Waals surface area contributed by atoms with Crippen LogP contribution in [0.5, 0.6) is 0 Å². The van der Waals surface area contributed by atoms with Crippen molar-refractivity contribution in [2.24, 2.45) is 15.7 Å². The molecule has 2 aromatic carbocycles. The van der Waals surface area contributed by atoms with Crippen molar-refractivity contribution in [2.75, 3.05) is 5.75 Å². The second-order valence-corrected chi connectivity index (χ2v) is 7.79. The molecule has 0 fully saturated rings. The predicted octanol–water partition coefficient (Wildman–Crippen LogP) is 5.44. The minimum absolute atomic E-state index is 0.0909. The number of ether oxygens (including phenoxy) is 1. The van der Waals surface area contributed by atoms with Crippen LogP contribution in [0.3, 0.4) is 0 Å². The van der Waals surface area contributed by atoms with Crippen LogP contribution in [0.15, 0.2) is 88.9 Å². The van der Waals surface area contributed by atoms with Gasteiger partial charge in [-0.2, -0.15) is 4.99 Å². The van der Waals surface area contributed by atoms with E-state index in [1.54, 1.807) is 0 Å². The number of hydrogen-bond acceptors (Lipinski definition) is 4. The number of nitrogens with two attached hydrogens (primary N) is 1. The summed E-state index contributed by atoms with van der Waals surface area (Å²) in [5.41, 5.74) is 9.04. The van der Waals surface area contributed by atoms with Crippen LogP contribution >= 0.6 is 11.8 Å². The van der Waals surface area contributed by atoms with Crippen molar-refractivity contribution in [1.29, 1.82) is 0 Å². The average Bonchev–Trinajstić information content (AvgIpc) is 2.80. The number of rotatable bonds is 9. The smallest absolute Gasteiger partial charge is 0.289 e. The van der Waals surface area contributed by atoms with Gasteiger partial charge in [-0.3, -0.25) is 4.99 Å². The summed E-state index contributed by atoms with van der Waals surface area (Å²) >= 11 is 1.49. The van der Waals surface area contributed by atoms with Crippen molar-refractivity contribution in [3.05, 3.63) is 95.6 Å². The third kappa shape index (κ3) is 9.09. The summed E-state index contributed by atoms with van der Waals surface area (Å²) < 4.78 is 19.9. The van der Waals surface area contributed by atoms with Crippen LogP contribution in [0, 0.1) is 6.92 Å². The Morgan fingerprint density at radius 1 is 1.16 bits per heavy atom. The van der Waals surface area contributed by atoms with Crippen LogP contribution in [0.4, 0.5) is 4.39 Å². The van der Waals surface area contributed by atoms with E-state index in [1.807, 2.05) is 61.5 Å². The van der Waals surface area contributed by atoms with E-state index in [0.29, 0.717) is 11.7 Å². The average molecular weight is 441 g/mol. The first-order valence-electron chi connectivity index (χ1n) is 10.0. The number of nitrogens with one attached hydrogen (secondary N) is 1. The lowest BCUT2D eigenvalue weighted by atomic mass is 10.2. The Labute approximate surface area is 188 Å². The zero-order valence-corrected chi connectivity index (χ0v) is 18.8. The first kappa shape index (κ1) is 24.2. The van der Waals surface area contributed by atoms with E-state index >= 15 is 0 Å². The number of aryl methyl sites for hydroxylation is 1. The molecule has 0 spiro atoms. The second kappa shape index (κ2) is 13.3. The maximum Gasteiger partial charge on any atom is 0.289 e. The van der Waals surface area contributed by atoms with Gasteiger partial charge in [0.2, 0.25) is 0 Å². The molecule has 0 unspecified atom stereocenters. The van der Waals surface area contributed by atoms with E-state index in [-0.39, 0.29) is 18.4 Å². The minimum atomic E-state index is -0.647. The van der Waals surface area contributed by atoms with Crippen molar-refractivity contribution in [3.8, 4) is 0 Å². The van der Waals surface area contributed by atoms with Crippen LogP contribution in [-0.2, 0) is 17.9 Å². The Kier molecular flexibility index (Phi) is 10.4. The van der Waals surface area contributed by atoms with E-state index in [4.69, 9.17) is 10.5 Å². The number of halogens is 1. The summed E-state index contributed by atoms with van der Waals surface area (Å²) in [6.45, 7) is 8.26. The zero-order valence-electron chi connectivity index (χ0n) is 18.0. The van der Waals surface area contributed by atoms with Gasteiger partial charge in [-0.05, 0) is 30.5 Å². The first-order valence-corrected chi connectivity index (χ1v) is 11.0. The molecule has 0 saturated carbocycles. The third-order valence-electron chi connectivity index (χ3n) is 4.05. The Hall–Kier alpha value is -3.06. The number of nitrogens with zero attached hydrogens (tertiary/aromatic N) is 2. The molecule has 2 aromatic rings. The molecular weight excluding hydrogens is 411 g/mol. The van der Waals surface area contributed by atoms with Gasteiger partial charge in [-0.25, -0.2) is 4.39 Å². The van der Waals surface area contributed by atoms with Crippen LogP contribution in [0.2, 0.25) is 0 Å². The van der Waals surface area contributed by atoms with E-state index in [1.165, 1.54) is 11.8 Å². The van der Waals surface area contributed by atoms with Gasteiger partial charge in [0.05, 0.1) is 6.54 Å². The Morgan fingerprint density at radius 3 is 2.52 bits per heavy atom. The Balaban J connectivity index is 2.13. The fraction of sp³-hybridized carbons (Fsp3) is 0.250. The molecule has 0 atom stereocenters. The largest absolute Gasteiger partial charge is 0.460 e. The number of thioether (sulfide) groups is 1. The molecule has 5 nitrogen and oxygen atoms in total. The number of benzene rings is 2. The second-order valence-electron chi connectivity index (χ2n) is 6.71. The Morgan fingerprint density at radius 2 is 1.87 bits per heavy atom. The fourth-order valence-corrected chi connectivity index (χ4v) is 3.11. The molecule has 7 heteroatoms. The number of hydrogen-bond donors (Lipinski definition) is 2. The molecule has 3 N–H and O–H groups in total. The van der Waals surface area contributed by atoms with Crippen molar-refractivity contribution in [3.63, 3.8) is 0 Å². The maximum absolute atomic E-state index is 14.4. The zero-order chi connectivity index (χ0) is 22.5. The summed E-state index contributed by atoms with van der Waals surface area (Å²) in [5, 5.41) is 3.49. The standard InChI is InChI=1S/C24H29FN4OS/c1-4-15-31-24(27-16-19-9-7-6-8-10-19)29-22(21(25)5-2)28-23(26)30-17-20-13-11-18(3)12-14-20/h5-14H,2,4,15-17H2,1,3H3,(H2,26,28)(H,27,29)/b22-21-. The topological polar surface area (TPSA) is 72.0 Å². The van der Waals surface area contributed by atoms with E-state index in [9.17, 15) is 4.39 Å². The van der Waals surface area contributed by atoms with Crippen LogP contribution in [0.25, 0.3) is 0 Å². The van der Waals surface area contributed by atoms with Crippen LogP contribution in [0.1, 0.15) is 30.0 Å². The molecular formula is C24H29FN4OS. The van der Waals surface area contributed by atoms with Gasteiger partial charge >= 0.3 is 0 Å². The van der Waals surface area contributed by atoms with E-state index in [2.05, 4.69) is 28.8 Å². The molecule has 0 aromatic heterocycles. The molecule has 164 valence electrons. The lowest BCUT2D eigenvalue weighted by molar-refractivity contribution is 0.287. The molecule has 0 radical (unpaired) electrons. The van der Waals surface area contributed by atoms with Gasteiger partial charge in [0.15, 0.2) is 16.8 Å².